The van der Waals surface area contributed by atoms with E-state index in [-0.39, 0.29) is 0 Å². The quantitative estimate of drug-likeness (QED) is 0.768. The molecule has 2 rings (SSSR count). The average molecular weight is 237 g/mol. The molecule has 0 amide bonds. The zero-order chi connectivity index (χ0) is 11.9. The van der Waals surface area contributed by atoms with E-state index in [2.05, 4.69) is 25.4 Å². The van der Waals surface area contributed by atoms with Crippen LogP contribution in [-0.2, 0) is 4.74 Å². The van der Waals surface area contributed by atoms with Crippen LogP contribution >= 0.6 is 0 Å². The molecule has 6 heteroatoms. The number of ether oxygens (including phenoxy) is 1. The van der Waals surface area contributed by atoms with Gasteiger partial charge in [-0.25, -0.2) is 0 Å². The molecule has 0 spiro atoms. The number of piperidine rings is 1. The normalized spacial score (nSPS) is 15.9. The molecule has 0 radical (unpaired) electrons. The highest BCUT2D eigenvalue weighted by Gasteiger charge is 2.13. The summed E-state index contributed by atoms with van der Waals surface area (Å²) in [6.45, 7) is 3.46. The van der Waals surface area contributed by atoms with Crippen molar-refractivity contribution in [2.45, 2.75) is 19.3 Å². The summed E-state index contributed by atoms with van der Waals surface area (Å²) in [5.41, 5.74) is 0. The van der Waals surface area contributed by atoms with Crippen molar-refractivity contribution in [3.05, 3.63) is 6.20 Å². The second-order valence-corrected chi connectivity index (χ2v) is 4.11. The van der Waals surface area contributed by atoms with Crippen LogP contribution in [-0.4, -0.2) is 48.5 Å². The van der Waals surface area contributed by atoms with Gasteiger partial charge in [-0.15, -0.1) is 5.10 Å². The van der Waals surface area contributed by atoms with Crippen LogP contribution in [0.1, 0.15) is 19.3 Å². The molecule has 1 aromatic heterocycles. The van der Waals surface area contributed by atoms with E-state index in [1.165, 1.54) is 19.3 Å². The number of anilines is 2. The first-order valence-electron chi connectivity index (χ1n) is 6.07. The maximum absolute atomic E-state index is 4.96. The second kappa shape index (κ2) is 6.34. The number of nitrogens with zero attached hydrogens (tertiary/aromatic N) is 4. The van der Waals surface area contributed by atoms with Gasteiger partial charge in [0.2, 0.25) is 5.95 Å². The van der Waals surface area contributed by atoms with Gasteiger partial charge in [-0.3, -0.25) is 0 Å². The van der Waals surface area contributed by atoms with Crippen LogP contribution in [0.4, 0.5) is 11.8 Å². The van der Waals surface area contributed by atoms with Gasteiger partial charge in [-0.2, -0.15) is 10.1 Å². The van der Waals surface area contributed by atoms with Gasteiger partial charge in [0, 0.05) is 26.7 Å². The van der Waals surface area contributed by atoms with Crippen LogP contribution in [0.15, 0.2) is 6.20 Å². The molecular formula is C11H19N5O. The Morgan fingerprint density at radius 1 is 1.35 bits per heavy atom. The van der Waals surface area contributed by atoms with Crippen molar-refractivity contribution in [1.29, 1.82) is 0 Å². The Hall–Kier alpha value is -1.43. The standard InChI is InChI=1S/C11H19N5O/c1-17-8-5-12-11-14-10(9-13-15-11)16-6-3-2-4-7-16/h9H,2-8H2,1H3,(H,12,14,15). The molecule has 0 unspecified atom stereocenters. The minimum Gasteiger partial charge on any atom is -0.383 e. The van der Waals surface area contributed by atoms with Crippen molar-refractivity contribution < 1.29 is 4.74 Å². The molecule has 0 aliphatic carbocycles. The third-order valence-corrected chi connectivity index (χ3v) is 2.82. The Morgan fingerprint density at radius 2 is 2.18 bits per heavy atom. The minimum atomic E-state index is 0.574. The SMILES string of the molecule is COCCNc1nncc(N2CCCCC2)n1. The first kappa shape index (κ1) is 12.0. The predicted molar refractivity (Wildman–Crippen MR) is 66.3 cm³/mol. The molecule has 6 nitrogen and oxygen atoms in total. The maximum Gasteiger partial charge on any atom is 0.244 e. The second-order valence-electron chi connectivity index (χ2n) is 4.11. The topological polar surface area (TPSA) is 63.2 Å². The van der Waals surface area contributed by atoms with Crippen molar-refractivity contribution in [2.75, 3.05) is 43.6 Å². The lowest BCUT2D eigenvalue weighted by atomic mass is 10.1. The third-order valence-electron chi connectivity index (χ3n) is 2.82. The van der Waals surface area contributed by atoms with E-state index in [0.717, 1.165) is 18.9 Å². The Labute approximate surface area is 101 Å². The average Bonchev–Trinajstić information content (AvgIpc) is 2.41. The lowest BCUT2D eigenvalue weighted by Gasteiger charge is -2.27. The van der Waals surface area contributed by atoms with Crippen LogP contribution in [0.2, 0.25) is 0 Å². The highest BCUT2D eigenvalue weighted by Crippen LogP contribution is 2.16. The van der Waals surface area contributed by atoms with E-state index in [1.807, 2.05) is 0 Å². The summed E-state index contributed by atoms with van der Waals surface area (Å²) >= 11 is 0. The third kappa shape index (κ3) is 3.52. The highest BCUT2D eigenvalue weighted by molar-refractivity contribution is 5.40. The maximum atomic E-state index is 4.96. The zero-order valence-corrected chi connectivity index (χ0v) is 10.2. The molecule has 2 heterocycles. The fraction of sp³-hybridized carbons (Fsp3) is 0.727. The monoisotopic (exact) mass is 237 g/mol. The van der Waals surface area contributed by atoms with Crippen LogP contribution in [0.25, 0.3) is 0 Å². The number of methoxy groups -OCH3 is 1. The molecule has 1 aliphatic heterocycles. The molecule has 1 fully saturated rings. The van der Waals surface area contributed by atoms with Gasteiger partial charge in [0.25, 0.3) is 0 Å². The molecule has 0 atom stereocenters. The minimum absolute atomic E-state index is 0.574. The van der Waals surface area contributed by atoms with Crippen molar-refractivity contribution in [1.82, 2.24) is 15.2 Å². The molecule has 1 aliphatic rings. The highest BCUT2D eigenvalue weighted by atomic mass is 16.5. The van der Waals surface area contributed by atoms with Crippen LogP contribution in [0.3, 0.4) is 0 Å². The van der Waals surface area contributed by atoms with E-state index in [4.69, 9.17) is 4.74 Å². The van der Waals surface area contributed by atoms with Gasteiger partial charge >= 0.3 is 0 Å². The molecule has 1 aromatic rings. The van der Waals surface area contributed by atoms with Crippen LogP contribution in [0.5, 0.6) is 0 Å². The van der Waals surface area contributed by atoms with E-state index in [1.54, 1.807) is 13.3 Å². The van der Waals surface area contributed by atoms with E-state index < -0.39 is 0 Å². The molecule has 0 bridgehead atoms. The number of hydrogen-bond donors (Lipinski definition) is 1. The van der Waals surface area contributed by atoms with Gasteiger partial charge in [0.1, 0.15) is 0 Å². The first-order chi connectivity index (χ1) is 8.40. The van der Waals surface area contributed by atoms with E-state index in [9.17, 15) is 0 Å². The molecule has 0 saturated carbocycles. The summed E-state index contributed by atoms with van der Waals surface area (Å²) in [5, 5.41) is 11.0. The summed E-state index contributed by atoms with van der Waals surface area (Å²) in [6, 6.07) is 0. The number of aromatic nitrogens is 3. The number of nitrogens with one attached hydrogen (secondary N) is 1. The van der Waals surface area contributed by atoms with Crippen molar-refractivity contribution in [2.24, 2.45) is 0 Å². The Morgan fingerprint density at radius 3 is 2.94 bits per heavy atom. The summed E-state index contributed by atoms with van der Waals surface area (Å²) in [5.74, 6) is 1.49. The molecular weight excluding hydrogens is 218 g/mol. The van der Waals surface area contributed by atoms with Crippen molar-refractivity contribution in [3.8, 4) is 0 Å². The molecule has 1 N–H and O–H groups in total. The van der Waals surface area contributed by atoms with Gasteiger partial charge in [-0.05, 0) is 19.3 Å². The van der Waals surface area contributed by atoms with Gasteiger partial charge in [0.05, 0.1) is 12.8 Å². The van der Waals surface area contributed by atoms with Crippen LogP contribution < -0.4 is 10.2 Å². The van der Waals surface area contributed by atoms with E-state index in [0.29, 0.717) is 19.1 Å². The molecule has 1 saturated heterocycles. The smallest absolute Gasteiger partial charge is 0.244 e. The first-order valence-corrected chi connectivity index (χ1v) is 6.07. The summed E-state index contributed by atoms with van der Waals surface area (Å²) in [4.78, 5) is 6.72. The molecule has 17 heavy (non-hydrogen) atoms. The van der Waals surface area contributed by atoms with E-state index >= 15 is 0 Å². The van der Waals surface area contributed by atoms with Gasteiger partial charge in [-0.1, -0.05) is 0 Å². The predicted octanol–water partition coefficient (Wildman–Crippen LogP) is 0.920. The van der Waals surface area contributed by atoms with Gasteiger partial charge < -0.3 is 15.0 Å². The molecule has 94 valence electrons. The summed E-state index contributed by atoms with van der Waals surface area (Å²) in [7, 11) is 1.67. The summed E-state index contributed by atoms with van der Waals surface area (Å²) in [6.07, 6.45) is 5.51. The van der Waals surface area contributed by atoms with Crippen molar-refractivity contribution >= 4 is 11.8 Å². The Kier molecular flexibility index (Phi) is 4.49. The lowest BCUT2D eigenvalue weighted by molar-refractivity contribution is 0.210. The Balaban J connectivity index is 1.95. The molecule has 0 aromatic carbocycles. The largest absolute Gasteiger partial charge is 0.383 e. The fourth-order valence-electron chi connectivity index (χ4n) is 1.91. The summed E-state index contributed by atoms with van der Waals surface area (Å²) < 4.78 is 4.96. The number of hydrogen-bond acceptors (Lipinski definition) is 6. The fourth-order valence-corrected chi connectivity index (χ4v) is 1.91. The number of rotatable bonds is 5. The lowest BCUT2D eigenvalue weighted by Crippen LogP contribution is -2.30. The van der Waals surface area contributed by atoms with Gasteiger partial charge in [0.15, 0.2) is 5.82 Å². The Bertz CT molecular complexity index is 340. The van der Waals surface area contributed by atoms with Crippen LogP contribution in [0, 0.1) is 0 Å². The zero-order valence-electron chi connectivity index (χ0n) is 10.2. The van der Waals surface area contributed by atoms with Crippen molar-refractivity contribution in [3.63, 3.8) is 0 Å².